The first-order valence-electron chi connectivity index (χ1n) is 9.61. The highest BCUT2D eigenvalue weighted by molar-refractivity contribution is 6.32. The van der Waals surface area contributed by atoms with Gasteiger partial charge in [0.05, 0.1) is 0 Å². The molecule has 30 heavy (non-hydrogen) atoms. The zero-order valence-corrected chi connectivity index (χ0v) is 16.6. The molecule has 1 aliphatic carbocycles. The molecule has 2 heterocycles. The van der Waals surface area contributed by atoms with E-state index in [0.717, 1.165) is 18.4 Å². The highest BCUT2D eigenvalue weighted by Gasteiger charge is 2.51. The van der Waals surface area contributed by atoms with E-state index < -0.39 is 0 Å². The van der Waals surface area contributed by atoms with E-state index in [9.17, 15) is 9.59 Å². The number of nitrogens with two attached hydrogens (primary N) is 1. The maximum absolute atomic E-state index is 12.9. The molecule has 0 bridgehead atoms. The summed E-state index contributed by atoms with van der Waals surface area (Å²) in [4.78, 5) is 39.2. The number of aromatic nitrogens is 2. The molecule has 2 radical (unpaired) electrons. The topological polar surface area (TPSA) is 114 Å². The van der Waals surface area contributed by atoms with E-state index in [1.807, 2.05) is 6.07 Å². The second-order valence-electron chi connectivity index (χ2n) is 7.60. The van der Waals surface area contributed by atoms with E-state index >= 15 is 0 Å². The number of hydrogen-bond acceptors (Lipinski definition) is 6. The van der Waals surface area contributed by atoms with Gasteiger partial charge >= 0.3 is 0 Å². The largest absolute Gasteiger partial charge is 0.404 e. The molecule has 152 valence electrons. The van der Waals surface area contributed by atoms with E-state index in [0.29, 0.717) is 28.7 Å². The number of nitrogens with one attached hydrogen (secondary N) is 1. The van der Waals surface area contributed by atoms with Gasteiger partial charge in [-0.2, -0.15) is 0 Å². The molecule has 2 aliphatic rings. The highest BCUT2D eigenvalue weighted by Crippen LogP contribution is 2.52. The summed E-state index contributed by atoms with van der Waals surface area (Å²) in [5.74, 6) is -0.353. The summed E-state index contributed by atoms with van der Waals surface area (Å²) < 4.78 is 0. The molecule has 1 saturated carbocycles. The standard InChI is InChI=1S/C21H21BN6O2.H2/c1-24-8-13(7-23)14-9-25-20(26-10-14)27-18(29)11-28-12-21(4-5-21)17-6-15(22)2-3-16(17)19(28)30;/h2-3,6-10H,4-5,11-12,23H2,1H3,(H,25,26,27,29);1H/b13-7+,24-8?;. The van der Waals surface area contributed by atoms with Crippen molar-refractivity contribution in [3.05, 3.63) is 53.5 Å². The monoisotopic (exact) mass is 402 g/mol. The van der Waals surface area contributed by atoms with Gasteiger partial charge in [0.2, 0.25) is 11.9 Å². The second-order valence-corrected chi connectivity index (χ2v) is 7.60. The lowest BCUT2D eigenvalue weighted by molar-refractivity contribution is -0.117. The van der Waals surface area contributed by atoms with Crippen LogP contribution in [0.15, 0.2) is 41.8 Å². The van der Waals surface area contributed by atoms with Crippen molar-refractivity contribution in [3.63, 3.8) is 0 Å². The summed E-state index contributed by atoms with van der Waals surface area (Å²) in [7, 11) is 7.55. The second kappa shape index (κ2) is 7.74. The molecule has 4 rings (SSSR count). The summed E-state index contributed by atoms with van der Waals surface area (Å²) in [5.41, 5.74) is 9.12. The number of allylic oxidation sites excluding steroid dienone is 1. The minimum atomic E-state index is -0.351. The lowest BCUT2D eigenvalue weighted by Gasteiger charge is -2.34. The predicted molar refractivity (Wildman–Crippen MR) is 118 cm³/mol. The normalized spacial score (nSPS) is 17.3. The molecule has 9 heteroatoms. The van der Waals surface area contributed by atoms with Crippen LogP contribution in [0, 0.1) is 0 Å². The zero-order valence-electron chi connectivity index (χ0n) is 16.6. The Morgan fingerprint density at radius 1 is 1.40 bits per heavy atom. The van der Waals surface area contributed by atoms with Crippen molar-refractivity contribution in [1.29, 1.82) is 0 Å². The van der Waals surface area contributed by atoms with Gasteiger partial charge in [-0.15, -0.1) is 0 Å². The average Bonchev–Trinajstić information content (AvgIpc) is 3.51. The SMILES string of the molecule is [B]c1ccc2c(c1)C1(CC1)CN(CC(=O)Nc1ncc(/C(C=NC)=C/N)cn1)C2=O.[HH]. The summed E-state index contributed by atoms with van der Waals surface area (Å²) in [6.45, 7) is 0.447. The van der Waals surface area contributed by atoms with E-state index in [2.05, 4.69) is 20.3 Å². The molecule has 0 unspecified atom stereocenters. The lowest BCUT2D eigenvalue weighted by Crippen LogP contribution is -2.47. The number of carbonyl (C=O) groups is 2. The van der Waals surface area contributed by atoms with Crippen molar-refractivity contribution in [1.82, 2.24) is 14.9 Å². The van der Waals surface area contributed by atoms with Gasteiger partial charge in [-0.1, -0.05) is 17.6 Å². The van der Waals surface area contributed by atoms with Crippen LogP contribution in [0.5, 0.6) is 0 Å². The lowest BCUT2D eigenvalue weighted by atomic mass is 9.82. The van der Waals surface area contributed by atoms with Crippen LogP contribution in [0.1, 0.15) is 35.8 Å². The maximum atomic E-state index is 12.9. The first-order chi connectivity index (χ1) is 14.5. The number of benzene rings is 1. The quantitative estimate of drug-likeness (QED) is 0.563. The van der Waals surface area contributed by atoms with Gasteiger partial charge < -0.3 is 10.6 Å². The van der Waals surface area contributed by atoms with Crippen LogP contribution in [-0.4, -0.2) is 60.9 Å². The molecule has 8 nitrogen and oxygen atoms in total. The molecular formula is C21H23BN6O2. The van der Waals surface area contributed by atoms with Gasteiger partial charge in [0.1, 0.15) is 14.4 Å². The summed E-state index contributed by atoms with van der Waals surface area (Å²) in [6.07, 6.45) is 8.07. The van der Waals surface area contributed by atoms with E-state index in [-0.39, 0.29) is 31.1 Å². The van der Waals surface area contributed by atoms with Gasteiger partial charge in [0, 0.05) is 61.9 Å². The number of aliphatic imine (C=N–C) groups is 1. The number of fused-ring (bicyclic) bond motifs is 2. The Balaban J connectivity index is 0.00000272. The number of anilines is 1. The van der Waals surface area contributed by atoms with Gasteiger partial charge in [0.25, 0.3) is 5.91 Å². The number of carbonyl (C=O) groups excluding carboxylic acids is 2. The molecule has 1 spiro atoms. The Hall–Kier alpha value is -3.49. The van der Waals surface area contributed by atoms with E-state index in [4.69, 9.17) is 13.6 Å². The van der Waals surface area contributed by atoms with Crippen molar-refractivity contribution >= 4 is 42.9 Å². The first kappa shape index (κ1) is 19.8. The van der Waals surface area contributed by atoms with Crippen LogP contribution >= 0.6 is 0 Å². The third-order valence-electron chi connectivity index (χ3n) is 5.50. The Kier molecular flexibility index (Phi) is 5.11. The predicted octanol–water partition coefficient (Wildman–Crippen LogP) is 0.643. The van der Waals surface area contributed by atoms with Crippen molar-refractivity contribution in [2.45, 2.75) is 18.3 Å². The molecule has 2 aromatic rings. The van der Waals surface area contributed by atoms with E-state index in [1.54, 1.807) is 42.7 Å². The average molecular weight is 402 g/mol. The van der Waals surface area contributed by atoms with E-state index in [1.165, 1.54) is 6.20 Å². The molecule has 0 saturated heterocycles. The molecule has 1 aromatic carbocycles. The smallest absolute Gasteiger partial charge is 0.254 e. The van der Waals surface area contributed by atoms with Gasteiger partial charge in [-0.25, -0.2) is 9.97 Å². The number of amides is 2. The first-order valence-corrected chi connectivity index (χ1v) is 9.61. The fraction of sp³-hybridized carbons (Fsp3) is 0.286. The summed E-state index contributed by atoms with van der Waals surface area (Å²) in [6, 6.07) is 5.36. The van der Waals surface area contributed by atoms with Crippen molar-refractivity contribution in [2.24, 2.45) is 10.7 Å². The Bertz CT molecular complexity index is 1070. The van der Waals surface area contributed by atoms with Gasteiger partial charge in [-0.3, -0.25) is 19.9 Å². The fourth-order valence-electron chi connectivity index (χ4n) is 3.82. The van der Waals surface area contributed by atoms with Crippen molar-refractivity contribution in [3.8, 4) is 0 Å². The van der Waals surface area contributed by atoms with Crippen LogP contribution in [0.25, 0.3) is 5.57 Å². The molecule has 1 fully saturated rings. The number of nitrogens with zero attached hydrogens (tertiary/aromatic N) is 4. The maximum Gasteiger partial charge on any atom is 0.254 e. The van der Waals surface area contributed by atoms with Crippen LogP contribution < -0.4 is 16.5 Å². The number of hydrogen-bond donors (Lipinski definition) is 2. The van der Waals surface area contributed by atoms with Crippen molar-refractivity contribution in [2.75, 3.05) is 25.5 Å². The van der Waals surface area contributed by atoms with Crippen LogP contribution in [0.3, 0.4) is 0 Å². The highest BCUT2D eigenvalue weighted by atomic mass is 16.2. The molecule has 0 atom stereocenters. The Morgan fingerprint density at radius 2 is 2.13 bits per heavy atom. The van der Waals surface area contributed by atoms with Crippen LogP contribution in [-0.2, 0) is 10.2 Å². The zero-order chi connectivity index (χ0) is 21.3. The van der Waals surface area contributed by atoms with Crippen LogP contribution in [0.4, 0.5) is 5.95 Å². The molecule has 1 aliphatic heterocycles. The third kappa shape index (κ3) is 3.70. The Labute approximate surface area is 177 Å². The summed E-state index contributed by atoms with van der Waals surface area (Å²) >= 11 is 0. The van der Waals surface area contributed by atoms with Crippen LogP contribution in [0.2, 0.25) is 0 Å². The minimum Gasteiger partial charge on any atom is -0.404 e. The fourth-order valence-corrected chi connectivity index (χ4v) is 3.82. The van der Waals surface area contributed by atoms with Gasteiger partial charge in [0.15, 0.2) is 0 Å². The molecule has 2 amide bonds. The molecule has 3 N–H and O–H groups in total. The Morgan fingerprint density at radius 3 is 2.77 bits per heavy atom. The minimum absolute atomic E-state index is 0. The molecular weight excluding hydrogens is 379 g/mol. The van der Waals surface area contributed by atoms with Crippen molar-refractivity contribution < 1.29 is 11.0 Å². The molecule has 1 aromatic heterocycles. The third-order valence-corrected chi connectivity index (χ3v) is 5.50. The number of rotatable bonds is 5. The van der Waals surface area contributed by atoms with Gasteiger partial charge in [-0.05, 0) is 24.5 Å². The summed E-state index contributed by atoms with van der Waals surface area (Å²) in [5, 5.41) is 2.65.